The Balaban J connectivity index is 1.63. The number of nitrogens with zero attached hydrogens (tertiary/aromatic N) is 1. The van der Waals surface area contributed by atoms with Gasteiger partial charge in [0.15, 0.2) is 6.29 Å². The molecule has 0 spiro atoms. The molecule has 2 aliphatic rings. The summed E-state index contributed by atoms with van der Waals surface area (Å²) in [5.74, 6) is 0.569. The molecule has 0 radical (unpaired) electrons. The minimum atomic E-state index is -1.75. The van der Waals surface area contributed by atoms with Crippen LogP contribution in [0.15, 0.2) is 24.3 Å². The zero-order valence-corrected chi connectivity index (χ0v) is 23.5. The third kappa shape index (κ3) is 8.54. The van der Waals surface area contributed by atoms with Gasteiger partial charge in [0.25, 0.3) is 0 Å². The lowest BCUT2D eigenvalue weighted by atomic mass is 9.95. The molecule has 236 valence electrons. The summed E-state index contributed by atoms with van der Waals surface area (Å²) in [5, 5.41) is 82.5. The summed E-state index contributed by atoms with van der Waals surface area (Å²) in [5.41, 5.74) is 1.08. The number of aliphatic hydroxyl groups is 8. The molecule has 41 heavy (non-hydrogen) atoms. The van der Waals surface area contributed by atoms with Gasteiger partial charge in [0.1, 0.15) is 73.5 Å². The molecule has 2 saturated heterocycles. The molecule has 11 atom stereocenters. The molecule has 0 aromatic heterocycles. The van der Waals surface area contributed by atoms with Crippen LogP contribution in [-0.2, 0) is 25.4 Å². The Hall–Kier alpha value is -1.50. The fourth-order valence-electron chi connectivity index (χ4n) is 4.91. The minimum absolute atomic E-state index is 0.00554. The van der Waals surface area contributed by atoms with Gasteiger partial charge in [-0.25, -0.2) is 0 Å². The summed E-state index contributed by atoms with van der Waals surface area (Å²) < 4.78 is 27.7. The number of methoxy groups -OCH3 is 1. The van der Waals surface area contributed by atoms with Crippen molar-refractivity contribution in [1.82, 2.24) is 4.90 Å². The predicted octanol–water partition coefficient (Wildman–Crippen LogP) is -3.05. The highest BCUT2D eigenvalue weighted by atomic mass is 16.7. The van der Waals surface area contributed by atoms with Gasteiger partial charge in [-0.2, -0.15) is 0 Å². The third-order valence-electron chi connectivity index (χ3n) is 7.35. The average molecular weight is 592 g/mol. The van der Waals surface area contributed by atoms with E-state index >= 15 is 0 Å². The van der Waals surface area contributed by atoms with Crippen LogP contribution in [-0.4, -0.2) is 159 Å². The van der Waals surface area contributed by atoms with Crippen LogP contribution in [0.1, 0.15) is 19.4 Å². The molecule has 3 rings (SSSR count). The number of benzene rings is 1. The van der Waals surface area contributed by atoms with Crippen LogP contribution in [0.2, 0.25) is 0 Å². The van der Waals surface area contributed by atoms with Crippen molar-refractivity contribution in [2.75, 3.05) is 40.1 Å². The van der Waals surface area contributed by atoms with E-state index in [1.54, 1.807) is 38.0 Å². The van der Waals surface area contributed by atoms with E-state index in [1.165, 1.54) is 0 Å². The van der Waals surface area contributed by atoms with Crippen molar-refractivity contribution in [1.29, 1.82) is 0 Å². The van der Waals surface area contributed by atoms with E-state index in [-0.39, 0.29) is 19.2 Å². The van der Waals surface area contributed by atoms with Crippen LogP contribution in [0.4, 0.5) is 0 Å². The first-order chi connectivity index (χ1) is 19.5. The first-order valence-electron chi connectivity index (χ1n) is 13.7. The fourth-order valence-corrected chi connectivity index (χ4v) is 4.91. The zero-order valence-electron chi connectivity index (χ0n) is 23.5. The van der Waals surface area contributed by atoms with Gasteiger partial charge in [-0.15, -0.1) is 0 Å². The van der Waals surface area contributed by atoms with E-state index in [9.17, 15) is 40.9 Å². The van der Waals surface area contributed by atoms with Gasteiger partial charge in [0, 0.05) is 19.7 Å². The van der Waals surface area contributed by atoms with E-state index in [0.29, 0.717) is 12.4 Å². The van der Waals surface area contributed by atoms with Crippen molar-refractivity contribution in [3.63, 3.8) is 0 Å². The first kappa shape index (κ1) is 34.0. The number of hydrogen-bond acceptors (Lipinski definition) is 14. The Labute approximate surface area is 239 Å². The Bertz CT molecular complexity index is 888. The maximum atomic E-state index is 11.0. The molecule has 1 aromatic rings. The molecule has 14 nitrogen and oxygen atoms in total. The second kappa shape index (κ2) is 15.8. The van der Waals surface area contributed by atoms with Gasteiger partial charge in [0.05, 0.1) is 19.8 Å². The molecule has 2 fully saturated rings. The molecular weight excluding hydrogens is 546 g/mol. The van der Waals surface area contributed by atoms with Gasteiger partial charge < -0.3 is 64.5 Å². The van der Waals surface area contributed by atoms with Crippen molar-refractivity contribution in [3.05, 3.63) is 29.8 Å². The molecule has 2 aliphatic heterocycles. The first-order valence-corrected chi connectivity index (χ1v) is 13.7. The number of aliphatic hydroxyl groups excluding tert-OH is 8. The van der Waals surface area contributed by atoms with Gasteiger partial charge >= 0.3 is 0 Å². The van der Waals surface area contributed by atoms with Gasteiger partial charge in [-0.05, 0) is 38.0 Å². The van der Waals surface area contributed by atoms with E-state index < -0.39 is 80.7 Å². The van der Waals surface area contributed by atoms with Crippen molar-refractivity contribution in [2.24, 2.45) is 0 Å². The molecular formula is C27H45NO13. The fraction of sp³-hybridized carbons (Fsp3) is 0.778. The smallest absolute Gasteiger partial charge is 0.187 e. The average Bonchev–Trinajstić information content (AvgIpc) is 2.96. The minimum Gasteiger partial charge on any atom is -0.491 e. The lowest BCUT2D eigenvalue weighted by molar-refractivity contribution is -0.350. The molecule has 1 unspecified atom stereocenters. The summed E-state index contributed by atoms with van der Waals surface area (Å²) in [7, 11) is 1.64. The van der Waals surface area contributed by atoms with Crippen LogP contribution in [0.5, 0.6) is 5.75 Å². The molecule has 0 aliphatic carbocycles. The molecule has 14 heteroatoms. The lowest BCUT2D eigenvalue weighted by Gasteiger charge is -2.49. The summed E-state index contributed by atoms with van der Waals surface area (Å²) >= 11 is 0. The normalized spacial score (nSPS) is 35.1. The Morgan fingerprint density at radius 2 is 1.51 bits per heavy atom. The molecule has 0 saturated carbocycles. The second-order valence-electron chi connectivity index (χ2n) is 10.7. The number of ether oxygens (including phenoxy) is 5. The molecule has 2 heterocycles. The van der Waals surface area contributed by atoms with Crippen molar-refractivity contribution in [3.8, 4) is 5.75 Å². The van der Waals surface area contributed by atoms with E-state index in [2.05, 4.69) is 0 Å². The van der Waals surface area contributed by atoms with Gasteiger partial charge in [-0.1, -0.05) is 12.1 Å². The highest BCUT2D eigenvalue weighted by Gasteiger charge is 2.51. The number of rotatable bonds is 14. The van der Waals surface area contributed by atoms with Crippen molar-refractivity contribution in [2.45, 2.75) is 93.8 Å². The van der Waals surface area contributed by atoms with Crippen molar-refractivity contribution < 1.29 is 64.5 Å². The van der Waals surface area contributed by atoms with E-state index in [0.717, 1.165) is 12.0 Å². The maximum absolute atomic E-state index is 11.0. The summed E-state index contributed by atoms with van der Waals surface area (Å²) in [6.07, 6.45) is -15.2. The van der Waals surface area contributed by atoms with E-state index in [4.69, 9.17) is 23.7 Å². The van der Waals surface area contributed by atoms with Gasteiger partial charge in [-0.3, -0.25) is 4.90 Å². The molecule has 0 bridgehead atoms. The Kier molecular flexibility index (Phi) is 13.1. The summed E-state index contributed by atoms with van der Waals surface area (Å²) in [6, 6.07) is 7.13. The molecule has 1 aromatic carbocycles. The number of hydrogen-bond donors (Lipinski definition) is 8. The Morgan fingerprint density at radius 3 is 2.10 bits per heavy atom. The topological polar surface area (TPSA) is 211 Å². The highest BCUT2D eigenvalue weighted by Crippen LogP contribution is 2.31. The van der Waals surface area contributed by atoms with E-state index in [1.807, 2.05) is 12.1 Å². The van der Waals surface area contributed by atoms with Crippen LogP contribution >= 0.6 is 0 Å². The molecule has 0 amide bonds. The third-order valence-corrected chi connectivity index (χ3v) is 7.35. The van der Waals surface area contributed by atoms with Crippen LogP contribution in [0.3, 0.4) is 0 Å². The second-order valence-corrected chi connectivity index (χ2v) is 10.7. The lowest BCUT2D eigenvalue weighted by Crippen LogP contribution is -2.67. The maximum Gasteiger partial charge on any atom is 0.187 e. The van der Waals surface area contributed by atoms with Crippen LogP contribution in [0, 0.1) is 0 Å². The standard InChI is InChI=1S/C27H45NO13/c1-14(2)28(10-16(31)13-38-17-6-4-15(5-7-17)8-9-37-3)26-23(35)22(34)25(19(12-30)39-26)41-27-24(36)21(33)20(32)18(11-29)40-27/h4-7,14,16,18-27,29-36H,8-13H2,1-3H3/t16?,18-,19-,20+,21+,22-,23-,24-,25-,26-,27+/m1/s1. The van der Waals surface area contributed by atoms with Gasteiger partial charge in [0.2, 0.25) is 0 Å². The monoisotopic (exact) mass is 591 g/mol. The van der Waals surface area contributed by atoms with Crippen molar-refractivity contribution >= 4 is 0 Å². The largest absolute Gasteiger partial charge is 0.491 e. The predicted molar refractivity (Wildman–Crippen MR) is 142 cm³/mol. The quantitative estimate of drug-likeness (QED) is 0.108. The Morgan fingerprint density at radius 1 is 0.854 bits per heavy atom. The van der Waals surface area contributed by atoms with Crippen LogP contribution < -0.4 is 4.74 Å². The molecule has 8 N–H and O–H groups in total. The zero-order chi connectivity index (χ0) is 30.3. The SMILES string of the molecule is COCCc1ccc(OCC(O)CN(C(C)C)[C@@H]2O[C@H](CO)[C@@H](O[C@@H]3O[C@H](CO)[C@H](O)[C@H](O)[C@H]3O)[C@H](O)[C@H]2O)cc1. The summed E-state index contributed by atoms with van der Waals surface area (Å²) in [4.78, 5) is 1.61. The highest BCUT2D eigenvalue weighted by molar-refractivity contribution is 5.27. The van der Waals surface area contributed by atoms with Crippen LogP contribution in [0.25, 0.3) is 0 Å². The summed E-state index contributed by atoms with van der Waals surface area (Å²) in [6.45, 7) is 2.81.